The van der Waals surface area contributed by atoms with Gasteiger partial charge in [-0.3, -0.25) is 0 Å². The zero-order valence-corrected chi connectivity index (χ0v) is 5.86. The van der Waals surface area contributed by atoms with Crippen LogP contribution >= 0.6 is 0 Å². The molecule has 3 N–H and O–H groups in total. The molecule has 1 aromatic carbocycles. The van der Waals surface area contributed by atoms with Crippen molar-refractivity contribution in [2.45, 2.75) is 6.10 Å². The van der Waals surface area contributed by atoms with Gasteiger partial charge in [0.25, 0.3) is 0 Å². The molecule has 0 spiro atoms. The summed E-state index contributed by atoms with van der Waals surface area (Å²) in [7, 11) is 0. The van der Waals surface area contributed by atoms with Gasteiger partial charge in [-0.25, -0.2) is 0 Å². The van der Waals surface area contributed by atoms with Crippen molar-refractivity contribution in [1.82, 2.24) is 0 Å². The van der Waals surface area contributed by atoms with Crippen molar-refractivity contribution < 1.29 is 15.3 Å². The van der Waals surface area contributed by atoms with E-state index in [1.807, 2.05) is 0 Å². The molecule has 11 heavy (non-hydrogen) atoms. The number of benzene rings is 1. The molecule has 0 heterocycles. The van der Waals surface area contributed by atoms with E-state index >= 15 is 0 Å². The maximum Gasteiger partial charge on any atom is 0.157 e. The van der Waals surface area contributed by atoms with Gasteiger partial charge < -0.3 is 15.3 Å². The normalized spacial score (nSPS) is 12.9. The predicted octanol–water partition coefficient (Wildman–Crippen LogP) is 0.965. The van der Waals surface area contributed by atoms with E-state index in [2.05, 4.69) is 6.92 Å². The number of aromatic hydroxyl groups is 2. The quantitative estimate of drug-likeness (QED) is 0.527. The first-order chi connectivity index (χ1) is 5.11. The molecule has 59 valence electrons. The summed E-state index contributed by atoms with van der Waals surface area (Å²) in [5, 5.41) is 26.8. The van der Waals surface area contributed by atoms with Gasteiger partial charge >= 0.3 is 0 Å². The van der Waals surface area contributed by atoms with Crippen molar-refractivity contribution in [2.75, 3.05) is 0 Å². The standard InChI is InChI=1S/C8H9O3/c1-5(9)6-2-3-7(10)8(11)4-6/h2-5,9-11H,1H2/t5-/m1/s1. The van der Waals surface area contributed by atoms with Gasteiger partial charge in [-0.1, -0.05) is 6.07 Å². The first-order valence-electron chi connectivity index (χ1n) is 3.14. The Hall–Kier alpha value is -1.22. The third-order valence-electron chi connectivity index (χ3n) is 1.38. The van der Waals surface area contributed by atoms with Crippen molar-refractivity contribution in [2.24, 2.45) is 0 Å². The Bertz CT molecular complexity index is 256. The second-order valence-electron chi connectivity index (χ2n) is 2.26. The molecular formula is C8H9O3. The zero-order chi connectivity index (χ0) is 8.43. The lowest BCUT2D eigenvalue weighted by molar-refractivity contribution is 0.225. The van der Waals surface area contributed by atoms with Gasteiger partial charge in [-0.2, -0.15) is 0 Å². The second-order valence-corrected chi connectivity index (χ2v) is 2.26. The summed E-state index contributed by atoms with van der Waals surface area (Å²) in [6.07, 6.45) is -0.874. The zero-order valence-electron chi connectivity index (χ0n) is 5.86. The smallest absolute Gasteiger partial charge is 0.157 e. The van der Waals surface area contributed by atoms with Crippen LogP contribution < -0.4 is 0 Å². The molecular weight excluding hydrogens is 144 g/mol. The topological polar surface area (TPSA) is 60.7 Å². The number of aliphatic hydroxyl groups is 1. The van der Waals surface area contributed by atoms with Crippen molar-refractivity contribution in [3.8, 4) is 11.5 Å². The lowest BCUT2D eigenvalue weighted by Gasteiger charge is -2.04. The molecule has 0 saturated carbocycles. The van der Waals surface area contributed by atoms with Crippen LogP contribution in [0.4, 0.5) is 0 Å². The maximum absolute atomic E-state index is 8.96. The van der Waals surface area contributed by atoms with E-state index in [-0.39, 0.29) is 11.5 Å². The van der Waals surface area contributed by atoms with Crippen molar-refractivity contribution in [3.05, 3.63) is 30.7 Å². The number of phenols is 2. The summed E-state index contributed by atoms with van der Waals surface area (Å²) in [6, 6.07) is 4.07. The van der Waals surface area contributed by atoms with E-state index in [1.165, 1.54) is 18.2 Å². The molecule has 0 unspecified atom stereocenters. The minimum absolute atomic E-state index is 0.200. The van der Waals surface area contributed by atoms with Crippen LogP contribution in [0.5, 0.6) is 11.5 Å². The van der Waals surface area contributed by atoms with Gasteiger partial charge in [0.05, 0.1) is 6.10 Å². The van der Waals surface area contributed by atoms with Crippen LogP contribution in [-0.2, 0) is 0 Å². The Balaban J connectivity index is 3.05. The molecule has 1 atom stereocenters. The molecule has 0 aliphatic heterocycles. The summed E-state index contributed by atoms with van der Waals surface area (Å²) in [4.78, 5) is 0. The third-order valence-corrected chi connectivity index (χ3v) is 1.38. The highest BCUT2D eigenvalue weighted by molar-refractivity contribution is 5.41. The van der Waals surface area contributed by atoms with Crippen LogP contribution in [0, 0.1) is 6.92 Å². The van der Waals surface area contributed by atoms with Crippen LogP contribution in [0.15, 0.2) is 18.2 Å². The average Bonchev–Trinajstić information content (AvgIpc) is 1.94. The number of hydrogen-bond acceptors (Lipinski definition) is 3. The van der Waals surface area contributed by atoms with Crippen molar-refractivity contribution >= 4 is 0 Å². The lowest BCUT2D eigenvalue weighted by Crippen LogP contribution is -1.89. The first kappa shape index (κ1) is 7.88. The minimum atomic E-state index is -0.874. The molecule has 3 heteroatoms. The number of aliphatic hydroxyl groups excluding tert-OH is 1. The van der Waals surface area contributed by atoms with Crippen LogP contribution in [0.2, 0.25) is 0 Å². The van der Waals surface area contributed by atoms with Gasteiger partial charge in [-0.15, -0.1) is 0 Å². The molecule has 0 aliphatic rings. The van der Waals surface area contributed by atoms with Gasteiger partial charge in [-0.05, 0) is 24.6 Å². The first-order valence-corrected chi connectivity index (χ1v) is 3.14. The van der Waals surface area contributed by atoms with E-state index < -0.39 is 6.10 Å². The summed E-state index contributed by atoms with van der Waals surface area (Å²) >= 11 is 0. The largest absolute Gasteiger partial charge is 0.504 e. The van der Waals surface area contributed by atoms with Crippen LogP contribution in [0.3, 0.4) is 0 Å². The van der Waals surface area contributed by atoms with Crippen LogP contribution in [-0.4, -0.2) is 15.3 Å². The van der Waals surface area contributed by atoms with E-state index in [4.69, 9.17) is 15.3 Å². The highest BCUT2D eigenvalue weighted by Crippen LogP contribution is 2.27. The van der Waals surface area contributed by atoms with Crippen LogP contribution in [0.25, 0.3) is 0 Å². The molecule has 0 fully saturated rings. The van der Waals surface area contributed by atoms with E-state index in [1.54, 1.807) is 0 Å². The van der Waals surface area contributed by atoms with E-state index in [9.17, 15) is 0 Å². The van der Waals surface area contributed by atoms with Gasteiger partial charge in [0.15, 0.2) is 11.5 Å². The van der Waals surface area contributed by atoms with Crippen molar-refractivity contribution in [3.63, 3.8) is 0 Å². The highest BCUT2D eigenvalue weighted by atomic mass is 16.3. The molecule has 1 aromatic rings. The maximum atomic E-state index is 8.96. The van der Waals surface area contributed by atoms with Gasteiger partial charge in [0.1, 0.15) is 0 Å². The highest BCUT2D eigenvalue weighted by Gasteiger charge is 2.03. The van der Waals surface area contributed by atoms with Gasteiger partial charge in [0, 0.05) is 0 Å². The molecule has 0 aromatic heterocycles. The van der Waals surface area contributed by atoms with E-state index in [0.29, 0.717) is 5.56 Å². The second kappa shape index (κ2) is 2.80. The third kappa shape index (κ3) is 1.62. The Morgan fingerprint density at radius 3 is 2.27 bits per heavy atom. The summed E-state index contributed by atoms with van der Waals surface area (Å²) in [5.41, 5.74) is 0.473. The average molecular weight is 153 g/mol. The molecule has 1 rings (SSSR count). The summed E-state index contributed by atoms with van der Waals surface area (Å²) in [6.45, 7) is 3.34. The Kier molecular flexibility index (Phi) is 2.01. The Morgan fingerprint density at radius 2 is 1.82 bits per heavy atom. The predicted molar refractivity (Wildman–Crippen MR) is 40.1 cm³/mol. The summed E-state index contributed by atoms with van der Waals surface area (Å²) < 4.78 is 0. The molecule has 0 bridgehead atoms. The SMILES string of the molecule is [CH2][C@@H](O)c1ccc(O)c(O)c1. The van der Waals surface area contributed by atoms with E-state index in [0.717, 1.165) is 0 Å². The van der Waals surface area contributed by atoms with Crippen molar-refractivity contribution in [1.29, 1.82) is 0 Å². The molecule has 3 nitrogen and oxygen atoms in total. The molecule has 0 saturated heterocycles. The number of phenolic OH excluding ortho intramolecular Hbond substituents is 2. The molecule has 0 amide bonds. The fourth-order valence-corrected chi connectivity index (χ4v) is 0.748. The number of rotatable bonds is 1. The Morgan fingerprint density at radius 1 is 1.18 bits per heavy atom. The fourth-order valence-electron chi connectivity index (χ4n) is 0.748. The minimum Gasteiger partial charge on any atom is -0.504 e. The monoisotopic (exact) mass is 153 g/mol. The Labute approximate surface area is 64.5 Å². The van der Waals surface area contributed by atoms with Crippen LogP contribution in [0.1, 0.15) is 11.7 Å². The lowest BCUT2D eigenvalue weighted by atomic mass is 10.1. The molecule has 1 radical (unpaired) electrons. The molecule has 0 aliphatic carbocycles. The number of hydrogen-bond donors (Lipinski definition) is 3. The summed E-state index contributed by atoms with van der Waals surface area (Å²) in [5.74, 6) is -0.445. The fraction of sp³-hybridized carbons (Fsp3) is 0.125. The van der Waals surface area contributed by atoms with Gasteiger partial charge in [0.2, 0.25) is 0 Å².